The fourth-order valence-electron chi connectivity index (χ4n) is 6.31. The smallest absolute Gasteiger partial charge is 0.276 e. The normalized spacial score (nSPS) is 11.1. The van der Waals surface area contributed by atoms with Crippen LogP contribution in [-0.2, 0) is 31.0 Å². The van der Waals surface area contributed by atoms with Gasteiger partial charge in [0.2, 0.25) is 23.7 Å². The van der Waals surface area contributed by atoms with Gasteiger partial charge in [-0.15, -0.1) is 0 Å². The molecule has 278 valence electrons. The Bertz CT molecular complexity index is 2340. The highest BCUT2D eigenvalue weighted by molar-refractivity contribution is 6.05. The van der Waals surface area contributed by atoms with Gasteiger partial charge in [-0.25, -0.2) is 9.97 Å². The van der Waals surface area contributed by atoms with Crippen LogP contribution in [0.1, 0.15) is 83.8 Å². The predicted octanol–water partition coefficient (Wildman–Crippen LogP) is 5.14. The van der Waals surface area contributed by atoms with Gasteiger partial charge in [0.1, 0.15) is 16.9 Å². The highest BCUT2D eigenvalue weighted by Crippen LogP contribution is 2.30. The first-order valence-electron chi connectivity index (χ1n) is 17.1. The number of anilines is 3. The Morgan fingerprint density at radius 1 is 0.774 bits per heavy atom. The molecule has 16 nitrogen and oxygen atoms in total. The van der Waals surface area contributed by atoms with Gasteiger partial charge in [-0.1, -0.05) is 13.5 Å². The molecule has 0 aliphatic rings. The SMILES string of the molecule is C.CCn1nc(C)cc1C(=O)Nc1nc2cc(C(N)=O)ccc2n1CCCCn1c(NC(=O)c2cc(C)nn2CC)nc2c(N(C)C(C)=O)cccc21. The van der Waals surface area contributed by atoms with Gasteiger partial charge in [0, 0.05) is 45.7 Å². The number of aryl methyl sites for hydroxylation is 6. The molecule has 4 heterocycles. The standard InChI is InChI=1S/C36H42N12O4.CH4/c1-7-47-29(18-21(3)42-47)33(51)40-35-38-25-20-24(32(37)50)14-15-26(25)45(35)16-9-10-17-46-28-13-11-12-27(44(6)23(5)49)31(28)39-36(46)41-34(52)30-19-22(4)43-48(30)8-2;/h11-15,18-20H,7-10,16-17H2,1-6H3,(H2,37,50)(H,38,40,51)(H,39,41,52);1H4. The second kappa shape index (κ2) is 15.5. The van der Waals surface area contributed by atoms with Gasteiger partial charge < -0.3 is 19.8 Å². The topological polar surface area (TPSA) is 193 Å². The Morgan fingerprint density at radius 3 is 1.85 bits per heavy atom. The third-order valence-corrected chi connectivity index (χ3v) is 8.96. The predicted molar refractivity (Wildman–Crippen MR) is 204 cm³/mol. The molecule has 0 unspecified atom stereocenters. The number of hydrogen-bond acceptors (Lipinski definition) is 8. The molecule has 0 saturated carbocycles. The molecule has 53 heavy (non-hydrogen) atoms. The Balaban J connectivity index is 0.00000541. The first kappa shape index (κ1) is 37.9. The van der Waals surface area contributed by atoms with Crippen molar-refractivity contribution in [1.29, 1.82) is 0 Å². The lowest BCUT2D eigenvalue weighted by atomic mass is 10.2. The zero-order valence-corrected chi connectivity index (χ0v) is 30.1. The summed E-state index contributed by atoms with van der Waals surface area (Å²) in [6.45, 7) is 11.0. The summed E-state index contributed by atoms with van der Waals surface area (Å²) in [6.07, 6.45) is 1.28. The van der Waals surface area contributed by atoms with Gasteiger partial charge in [-0.05, 0) is 83.0 Å². The minimum atomic E-state index is -0.577. The monoisotopic (exact) mass is 722 g/mol. The number of fused-ring (bicyclic) bond motifs is 2. The van der Waals surface area contributed by atoms with Gasteiger partial charge in [0.25, 0.3) is 11.8 Å². The maximum atomic E-state index is 13.5. The number of primary amides is 1. The van der Waals surface area contributed by atoms with Crippen molar-refractivity contribution in [2.45, 2.75) is 81.1 Å². The van der Waals surface area contributed by atoms with E-state index in [0.717, 1.165) is 22.4 Å². The largest absolute Gasteiger partial charge is 0.366 e. The van der Waals surface area contributed by atoms with Crippen LogP contribution in [0.3, 0.4) is 0 Å². The highest BCUT2D eigenvalue weighted by Gasteiger charge is 2.22. The average Bonchev–Trinajstić information content (AvgIpc) is 3.88. The number of amides is 4. The van der Waals surface area contributed by atoms with Crippen LogP contribution in [0.2, 0.25) is 0 Å². The molecular formula is C37H46N12O4. The van der Waals surface area contributed by atoms with E-state index < -0.39 is 5.91 Å². The van der Waals surface area contributed by atoms with Crippen molar-refractivity contribution in [1.82, 2.24) is 38.7 Å². The fourth-order valence-corrected chi connectivity index (χ4v) is 6.31. The van der Waals surface area contributed by atoms with Crippen molar-refractivity contribution in [3.05, 3.63) is 76.9 Å². The van der Waals surface area contributed by atoms with Crippen molar-refractivity contribution < 1.29 is 19.2 Å². The van der Waals surface area contributed by atoms with E-state index >= 15 is 0 Å². The second-order valence-electron chi connectivity index (χ2n) is 12.6. The fraction of sp³-hybridized carbons (Fsp3) is 0.351. The number of rotatable bonds is 13. The molecule has 4 aromatic heterocycles. The quantitative estimate of drug-likeness (QED) is 0.136. The van der Waals surface area contributed by atoms with Crippen molar-refractivity contribution in [3.8, 4) is 0 Å². The van der Waals surface area contributed by atoms with Crippen LogP contribution in [0.4, 0.5) is 17.6 Å². The third kappa shape index (κ3) is 7.52. The third-order valence-electron chi connectivity index (χ3n) is 8.96. The maximum Gasteiger partial charge on any atom is 0.276 e. The van der Waals surface area contributed by atoms with Crippen molar-refractivity contribution in [2.75, 3.05) is 22.6 Å². The van der Waals surface area contributed by atoms with E-state index in [1.54, 1.807) is 46.7 Å². The summed E-state index contributed by atoms with van der Waals surface area (Å²) in [4.78, 5) is 62.3. The summed E-state index contributed by atoms with van der Waals surface area (Å²) in [5.74, 6) is -0.766. The minimum Gasteiger partial charge on any atom is -0.366 e. The van der Waals surface area contributed by atoms with E-state index in [-0.39, 0.29) is 25.1 Å². The van der Waals surface area contributed by atoms with Crippen LogP contribution in [0.5, 0.6) is 0 Å². The van der Waals surface area contributed by atoms with Crippen molar-refractivity contribution >= 4 is 63.3 Å². The Morgan fingerprint density at radius 2 is 1.32 bits per heavy atom. The highest BCUT2D eigenvalue weighted by atomic mass is 16.2. The zero-order chi connectivity index (χ0) is 37.3. The summed E-state index contributed by atoms with van der Waals surface area (Å²) in [5.41, 5.74) is 11.3. The van der Waals surface area contributed by atoms with Crippen LogP contribution in [0.15, 0.2) is 48.5 Å². The number of nitrogens with zero attached hydrogens (tertiary/aromatic N) is 9. The van der Waals surface area contributed by atoms with E-state index in [2.05, 4.69) is 25.8 Å². The van der Waals surface area contributed by atoms with Gasteiger partial charge >= 0.3 is 0 Å². The molecule has 4 N–H and O–H groups in total. The number of benzene rings is 2. The summed E-state index contributed by atoms with van der Waals surface area (Å²) < 4.78 is 7.11. The van der Waals surface area contributed by atoms with E-state index in [1.165, 1.54) is 11.8 Å². The number of aromatic nitrogens is 8. The first-order valence-corrected chi connectivity index (χ1v) is 17.1. The van der Waals surface area contributed by atoms with E-state index in [1.807, 2.05) is 55.0 Å². The molecular weight excluding hydrogens is 676 g/mol. The number of hydrogen-bond donors (Lipinski definition) is 3. The molecule has 4 amide bonds. The number of carbonyl (C=O) groups excluding carboxylic acids is 4. The molecule has 0 radical (unpaired) electrons. The Labute approximate surface area is 307 Å². The van der Waals surface area contributed by atoms with Gasteiger partial charge in [0.15, 0.2) is 0 Å². The summed E-state index contributed by atoms with van der Waals surface area (Å²) >= 11 is 0. The van der Waals surface area contributed by atoms with E-state index in [9.17, 15) is 19.2 Å². The van der Waals surface area contributed by atoms with E-state index in [4.69, 9.17) is 10.7 Å². The minimum absolute atomic E-state index is 0. The molecule has 6 aromatic rings. The lowest BCUT2D eigenvalue weighted by Crippen LogP contribution is -2.23. The molecule has 0 atom stereocenters. The van der Waals surface area contributed by atoms with Crippen molar-refractivity contribution in [3.63, 3.8) is 0 Å². The van der Waals surface area contributed by atoms with E-state index in [0.29, 0.717) is 84.6 Å². The molecule has 0 aliphatic carbocycles. The Hall–Kier alpha value is -6.32. The van der Waals surface area contributed by atoms with Gasteiger partial charge in [-0.3, -0.25) is 39.2 Å². The molecule has 0 saturated heterocycles. The molecule has 16 heteroatoms. The van der Waals surface area contributed by atoms with Crippen LogP contribution in [0, 0.1) is 13.8 Å². The van der Waals surface area contributed by atoms with Crippen LogP contribution < -0.4 is 21.3 Å². The number of imidazole rings is 2. The number of para-hydroxylation sites is 1. The molecule has 0 spiro atoms. The zero-order valence-electron chi connectivity index (χ0n) is 30.1. The molecule has 0 bridgehead atoms. The van der Waals surface area contributed by atoms with Crippen molar-refractivity contribution in [2.24, 2.45) is 5.73 Å². The van der Waals surface area contributed by atoms with Gasteiger partial charge in [0.05, 0.1) is 33.6 Å². The average molecular weight is 723 g/mol. The molecule has 6 rings (SSSR count). The lowest BCUT2D eigenvalue weighted by molar-refractivity contribution is -0.116. The second-order valence-corrected chi connectivity index (χ2v) is 12.6. The molecule has 0 aliphatic heterocycles. The summed E-state index contributed by atoms with van der Waals surface area (Å²) in [6, 6.07) is 14.1. The molecule has 2 aromatic carbocycles. The number of nitrogens with two attached hydrogens (primary N) is 1. The van der Waals surface area contributed by atoms with Gasteiger partial charge in [-0.2, -0.15) is 10.2 Å². The molecule has 0 fully saturated rings. The number of carbonyl (C=O) groups is 4. The number of unbranched alkanes of at least 4 members (excludes halogenated alkanes) is 1. The Kier molecular flexibility index (Phi) is 11.1. The first-order chi connectivity index (χ1) is 24.9. The maximum absolute atomic E-state index is 13.5. The van der Waals surface area contributed by atoms with Crippen LogP contribution >= 0.6 is 0 Å². The summed E-state index contributed by atoms with van der Waals surface area (Å²) in [7, 11) is 1.69. The lowest BCUT2D eigenvalue weighted by Gasteiger charge is -2.15. The summed E-state index contributed by atoms with van der Waals surface area (Å²) in [5, 5.41) is 14.7. The number of nitrogens with one attached hydrogen (secondary N) is 2. The van der Waals surface area contributed by atoms with Crippen LogP contribution in [0.25, 0.3) is 22.1 Å². The van der Waals surface area contributed by atoms with Crippen LogP contribution in [-0.4, -0.2) is 69.3 Å².